The Balaban J connectivity index is 1.32. The summed E-state index contributed by atoms with van der Waals surface area (Å²) in [6.07, 6.45) is 5.23. The van der Waals surface area contributed by atoms with E-state index < -0.39 is 0 Å². The number of hydrogen-bond donors (Lipinski definition) is 1. The van der Waals surface area contributed by atoms with Crippen molar-refractivity contribution in [1.82, 2.24) is 4.90 Å². The van der Waals surface area contributed by atoms with Crippen LogP contribution in [0.4, 0.5) is 5.69 Å². The van der Waals surface area contributed by atoms with E-state index in [2.05, 4.69) is 10.2 Å². The maximum Gasteiger partial charge on any atom is 0.255 e. The van der Waals surface area contributed by atoms with Crippen molar-refractivity contribution < 1.29 is 19.1 Å². The topological polar surface area (TPSA) is 67.9 Å². The minimum Gasteiger partial charge on any atom is -0.497 e. The number of methoxy groups -OCH3 is 2. The fraction of sp³-hybridized carbons (Fsp3) is 0.440. The molecule has 1 N–H and O–H groups in total. The highest BCUT2D eigenvalue weighted by Crippen LogP contribution is 2.33. The zero-order valence-corrected chi connectivity index (χ0v) is 18.2. The number of nitrogens with one attached hydrogen (secondary N) is 1. The lowest BCUT2D eigenvalue weighted by Gasteiger charge is -2.32. The summed E-state index contributed by atoms with van der Waals surface area (Å²) in [4.78, 5) is 27.0. The number of likely N-dealkylation sites (tertiary alicyclic amines) is 1. The van der Waals surface area contributed by atoms with Crippen LogP contribution < -0.4 is 14.8 Å². The summed E-state index contributed by atoms with van der Waals surface area (Å²) in [6.45, 7) is 1.76. The molecule has 1 saturated carbocycles. The SMILES string of the molecule is COc1ccc(OC)c(NC(=O)c2ccc(CC3CCN(C(=O)C4CC4)CC3)cc2)c1. The number of benzene rings is 2. The van der Waals surface area contributed by atoms with Crippen LogP contribution in [-0.4, -0.2) is 44.0 Å². The zero-order valence-electron chi connectivity index (χ0n) is 18.2. The van der Waals surface area contributed by atoms with Crippen LogP contribution in [0.2, 0.25) is 0 Å². The molecule has 6 nitrogen and oxygen atoms in total. The Labute approximate surface area is 183 Å². The zero-order chi connectivity index (χ0) is 21.8. The van der Waals surface area contributed by atoms with Crippen molar-refractivity contribution in [1.29, 1.82) is 0 Å². The molecule has 0 atom stereocenters. The molecule has 0 radical (unpaired) electrons. The molecule has 0 unspecified atom stereocenters. The second-order valence-electron chi connectivity index (χ2n) is 8.46. The van der Waals surface area contributed by atoms with Gasteiger partial charge < -0.3 is 19.7 Å². The molecule has 2 aliphatic rings. The molecule has 1 aliphatic carbocycles. The fourth-order valence-corrected chi connectivity index (χ4v) is 4.18. The quantitative estimate of drug-likeness (QED) is 0.728. The molecule has 4 rings (SSSR count). The number of nitrogens with zero attached hydrogens (tertiary/aromatic N) is 1. The highest BCUT2D eigenvalue weighted by atomic mass is 16.5. The number of carbonyl (C=O) groups is 2. The number of amides is 2. The summed E-state index contributed by atoms with van der Waals surface area (Å²) in [6, 6.07) is 13.1. The van der Waals surface area contributed by atoms with Gasteiger partial charge in [0, 0.05) is 30.6 Å². The number of hydrogen-bond acceptors (Lipinski definition) is 4. The number of piperidine rings is 1. The third-order valence-electron chi connectivity index (χ3n) is 6.25. The molecule has 2 fully saturated rings. The summed E-state index contributed by atoms with van der Waals surface area (Å²) >= 11 is 0. The maximum atomic E-state index is 12.7. The van der Waals surface area contributed by atoms with Gasteiger partial charge in [-0.05, 0) is 67.9 Å². The van der Waals surface area contributed by atoms with E-state index in [9.17, 15) is 9.59 Å². The summed E-state index contributed by atoms with van der Waals surface area (Å²) in [5.74, 6) is 2.30. The summed E-state index contributed by atoms with van der Waals surface area (Å²) < 4.78 is 10.6. The Bertz CT molecular complexity index is 929. The number of ether oxygens (including phenoxy) is 2. The molecular formula is C25H30N2O4. The molecule has 164 valence electrons. The van der Waals surface area contributed by atoms with Crippen LogP contribution in [0.5, 0.6) is 11.5 Å². The normalized spacial score (nSPS) is 16.6. The first-order valence-corrected chi connectivity index (χ1v) is 11.0. The lowest BCUT2D eigenvalue weighted by Crippen LogP contribution is -2.39. The van der Waals surface area contributed by atoms with Crippen LogP contribution in [0.1, 0.15) is 41.6 Å². The summed E-state index contributed by atoms with van der Waals surface area (Å²) in [5.41, 5.74) is 2.39. The fourth-order valence-electron chi connectivity index (χ4n) is 4.18. The minimum atomic E-state index is -0.190. The highest BCUT2D eigenvalue weighted by molar-refractivity contribution is 6.05. The predicted octanol–water partition coefficient (Wildman–Crippen LogP) is 4.15. The highest BCUT2D eigenvalue weighted by Gasteiger charge is 2.34. The van der Waals surface area contributed by atoms with Gasteiger partial charge in [0.05, 0.1) is 19.9 Å². The van der Waals surface area contributed by atoms with E-state index >= 15 is 0 Å². The summed E-state index contributed by atoms with van der Waals surface area (Å²) in [7, 11) is 3.15. The molecule has 2 aromatic carbocycles. The van der Waals surface area contributed by atoms with E-state index in [-0.39, 0.29) is 5.91 Å². The van der Waals surface area contributed by atoms with Crippen LogP contribution in [-0.2, 0) is 11.2 Å². The predicted molar refractivity (Wildman–Crippen MR) is 120 cm³/mol. The minimum absolute atomic E-state index is 0.190. The molecule has 2 amide bonds. The molecule has 0 bridgehead atoms. The van der Waals surface area contributed by atoms with Gasteiger partial charge in [0.25, 0.3) is 5.91 Å². The van der Waals surface area contributed by atoms with Crippen LogP contribution >= 0.6 is 0 Å². The first-order valence-electron chi connectivity index (χ1n) is 11.0. The van der Waals surface area contributed by atoms with Crippen molar-refractivity contribution in [3.05, 3.63) is 53.6 Å². The van der Waals surface area contributed by atoms with Gasteiger partial charge >= 0.3 is 0 Å². The molecule has 2 aromatic rings. The van der Waals surface area contributed by atoms with E-state index in [1.165, 1.54) is 5.56 Å². The maximum absolute atomic E-state index is 12.7. The van der Waals surface area contributed by atoms with E-state index in [1.807, 2.05) is 24.3 Å². The first kappa shape index (κ1) is 21.2. The van der Waals surface area contributed by atoms with Crippen molar-refractivity contribution >= 4 is 17.5 Å². The number of anilines is 1. The van der Waals surface area contributed by atoms with Crippen molar-refractivity contribution in [3.63, 3.8) is 0 Å². The van der Waals surface area contributed by atoms with E-state index in [1.54, 1.807) is 32.4 Å². The van der Waals surface area contributed by atoms with Gasteiger partial charge in [0.15, 0.2) is 0 Å². The Morgan fingerprint density at radius 2 is 1.68 bits per heavy atom. The van der Waals surface area contributed by atoms with Crippen molar-refractivity contribution in [2.24, 2.45) is 11.8 Å². The third kappa shape index (κ3) is 5.19. The molecule has 1 heterocycles. The van der Waals surface area contributed by atoms with Crippen molar-refractivity contribution in [2.45, 2.75) is 32.1 Å². The van der Waals surface area contributed by atoms with E-state index in [0.29, 0.717) is 40.5 Å². The van der Waals surface area contributed by atoms with Crippen LogP contribution in [0, 0.1) is 11.8 Å². The average molecular weight is 423 g/mol. The van der Waals surface area contributed by atoms with Crippen molar-refractivity contribution in [3.8, 4) is 11.5 Å². The standard InChI is InChI=1S/C25H30N2O4/c1-30-21-9-10-23(31-2)22(16-21)26-24(28)19-5-3-17(4-6-19)15-18-11-13-27(14-12-18)25(29)20-7-8-20/h3-6,9-10,16,18,20H,7-8,11-15H2,1-2H3,(H,26,28). The molecule has 0 spiro atoms. The second kappa shape index (κ2) is 9.41. The molecule has 6 heteroatoms. The Kier molecular flexibility index (Phi) is 6.44. The lowest BCUT2D eigenvalue weighted by atomic mass is 9.89. The monoisotopic (exact) mass is 422 g/mol. The molecule has 1 aliphatic heterocycles. The smallest absolute Gasteiger partial charge is 0.255 e. The molecule has 0 aromatic heterocycles. The largest absolute Gasteiger partial charge is 0.497 e. The van der Waals surface area contributed by atoms with Gasteiger partial charge in [0.2, 0.25) is 5.91 Å². The number of rotatable bonds is 7. The second-order valence-corrected chi connectivity index (χ2v) is 8.46. The van der Waals surface area contributed by atoms with E-state index in [4.69, 9.17) is 9.47 Å². The average Bonchev–Trinajstić information content (AvgIpc) is 3.65. The van der Waals surface area contributed by atoms with Gasteiger partial charge in [-0.15, -0.1) is 0 Å². The third-order valence-corrected chi connectivity index (χ3v) is 6.25. The van der Waals surface area contributed by atoms with Gasteiger partial charge in [-0.25, -0.2) is 0 Å². The first-order chi connectivity index (χ1) is 15.1. The molecule has 1 saturated heterocycles. The lowest BCUT2D eigenvalue weighted by molar-refractivity contribution is -0.133. The van der Waals surface area contributed by atoms with Crippen molar-refractivity contribution in [2.75, 3.05) is 32.6 Å². The van der Waals surface area contributed by atoms with Gasteiger partial charge in [-0.1, -0.05) is 12.1 Å². The number of carbonyl (C=O) groups excluding carboxylic acids is 2. The Morgan fingerprint density at radius 1 is 0.968 bits per heavy atom. The Morgan fingerprint density at radius 3 is 2.29 bits per heavy atom. The van der Waals surface area contributed by atoms with Crippen LogP contribution in [0.15, 0.2) is 42.5 Å². The summed E-state index contributed by atoms with van der Waals surface area (Å²) in [5, 5.41) is 2.90. The van der Waals surface area contributed by atoms with Crippen LogP contribution in [0.3, 0.4) is 0 Å². The Hall–Kier alpha value is -3.02. The van der Waals surface area contributed by atoms with Gasteiger partial charge in [-0.2, -0.15) is 0 Å². The molecular weight excluding hydrogens is 392 g/mol. The van der Waals surface area contributed by atoms with Gasteiger partial charge in [0.1, 0.15) is 11.5 Å². The molecule has 31 heavy (non-hydrogen) atoms. The van der Waals surface area contributed by atoms with E-state index in [0.717, 1.165) is 45.2 Å². The van der Waals surface area contributed by atoms with Gasteiger partial charge in [-0.3, -0.25) is 9.59 Å². The van der Waals surface area contributed by atoms with Crippen LogP contribution in [0.25, 0.3) is 0 Å².